The molecule has 1 aromatic rings. The number of nitrogens with zero attached hydrogens (tertiary/aromatic N) is 2. The van der Waals surface area contributed by atoms with Crippen LogP contribution < -0.4 is 5.73 Å². The fourth-order valence-electron chi connectivity index (χ4n) is 1.49. The van der Waals surface area contributed by atoms with Crippen LogP contribution in [0.5, 0.6) is 0 Å². The molecule has 0 saturated carbocycles. The lowest BCUT2D eigenvalue weighted by Crippen LogP contribution is -2.31. The van der Waals surface area contributed by atoms with Crippen molar-refractivity contribution in [1.82, 2.24) is 9.88 Å². The zero-order valence-corrected chi connectivity index (χ0v) is 10.6. The molecule has 0 radical (unpaired) electrons. The molecule has 17 heavy (non-hydrogen) atoms. The predicted octanol–water partition coefficient (Wildman–Crippen LogP) is 1.07. The van der Waals surface area contributed by atoms with Gasteiger partial charge in [0.2, 0.25) is 5.91 Å². The molecule has 1 rings (SSSR count). The Morgan fingerprint density at radius 3 is 2.88 bits per heavy atom. The van der Waals surface area contributed by atoms with Crippen LogP contribution in [0.2, 0.25) is 0 Å². The number of carbonyl (C=O) groups excluding carboxylic acids is 1. The van der Waals surface area contributed by atoms with Crippen molar-refractivity contribution in [3.8, 4) is 0 Å². The highest BCUT2D eigenvalue weighted by Gasteiger charge is 2.12. The molecule has 1 amide bonds. The van der Waals surface area contributed by atoms with Crippen LogP contribution >= 0.6 is 0 Å². The van der Waals surface area contributed by atoms with Crippen molar-refractivity contribution in [3.63, 3.8) is 0 Å². The maximum absolute atomic E-state index is 11.8. The lowest BCUT2D eigenvalue weighted by molar-refractivity contribution is -0.130. The third-order valence-corrected chi connectivity index (χ3v) is 2.78. The van der Waals surface area contributed by atoms with Crippen LogP contribution in [-0.4, -0.2) is 35.9 Å². The van der Waals surface area contributed by atoms with Gasteiger partial charge in [-0.3, -0.25) is 9.78 Å². The van der Waals surface area contributed by atoms with Gasteiger partial charge in [0, 0.05) is 38.3 Å². The molecule has 0 aliphatic rings. The third-order valence-electron chi connectivity index (χ3n) is 2.78. The number of rotatable bonds is 6. The van der Waals surface area contributed by atoms with Gasteiger partial charge in [0.15, 0.2) is 0 Å². The summed E-state index contributed by atoms with van der Waals surface area (Å²) in [5, 5.41) is 0. The summed E-state index contributed by atoms with van der Waals surface area (Å²) in [7, 11) is 1.83. The molecule has 4 heteroatoms. The summed E-state index contributed by atoms with van der Waals surface area (Å²) in [6.45, 7) is 3.25. The second kappa shape index (κ2) is 7.01. The fraction of sp³-hybridized carbons (Fsp3) is 0.538. The molecule has 1 atom stereocenters. The van der Waals surface area contributed by atoms with E-state index in [0.717, 1.165) is 12.1 Å². The van der Waals surface area contributed by atoms with Crippen LogP contribution in [-0.2, 0) is 11.2 Å². The highest BCUT2D eigenvalue weighted by Crippen LogP contribution is 2.03. The van der Waals surface area contributed by atoms with Crippen LogP contribution in [0, 0.1) is 5.92 Å². The smallest absolute Gasteiger partial charge is 0.222 e. The van der Waals surface area contributed by atoms with Crippen LogP contribution in [0.4, 0.5) is 0 Å². The first-order valence-electron chi connectivity index (χ1n) is 5.97. The van der Waals surface area contributed by atoms with Gasteiger partial charge in [-0.05, 0) is 24.6 Å². The number of carbonyl (C=O) groups is 1. The summed E-state index contributed by atoms with van der Waals surface area (Å²) in [4.78, 5) is 17.8. The predicted molar refractivity (Wildman–Crippen MR) is 68.4 cm³/mol. The van der Waals surface area contributed by atoms with Crippen molar-refractivity contribution < 1.29 is 4.79 Å². The van der Waals surface area contributed by atoms with Gasteiger partial charge in [-0.25, -0.2) is 0 Å². The molecule has 0 aliphatic heterocycles. The van der Waals surface area contributed by atoms with E-state index >= 15 is 0 Å². The number of amides is 1. The van der Waals surface area contributed by atoms with Crippen molar-refractivity contribution in [2.45, 2.75) is 19.8 Å². The van der Waals surface area contributed by atoms with E-state index in [2.05, 4.69) is 4.98 Å². The number of likely N-dealkylation sites (N-methyl/N-ethyl adjacent to an activating group) is 1. The molecule has 1 aromatic heterocycles. The highest BCUT2D eigenvalue weighted by atomic mass is 16.2. The summed E-state index contributed by atoms with van der Waals surface area (Å²) < 4.78 is 0. The SMILES string of the molecule is CC(CN)CC(=O)N(C)CCc1ccccn1. The minimum atomic E-state index is 0.152. The molecular formula is C13H21N3O. The Kier molecular flexibility index (Phi) is 5.63. The van der Waals surface area contributed by atoms with Crippen LogP contribution in [0.15, 0.2) is 24.4 Å². The minimum absolute atomic E-state index is 0.152. The van der Waals surface area contributed by atoms with Gasteiger partial charge in [-0.1, -0.05) is 13.0 Å². The van der Waals surface area contributed by atoms with E-state index < -0.39 is 0 Å². The van der Waals surface area contributed by atoms with E-state index in [1.807, 2.05) is 32.2 Å². The monoisotopic (exact) mass is 235 g/mol. The Labute approximate surface area is 103 Å². The van der Waals surface area contributed by atoms with Crippen molar-refractivity contribution in [1.29, 1.82) is 0 Å². The third kappa shape index (κ3) is 4.95. The first kappa shape index (κ1) is 13.6. The van der Waals surface area contributed by atoms with Gasteiger partial charge in [-0.15, -0.1) is 0 Å². The number of nitrogens with two attached hydrogens (primary N) is 1. The van der Waals surface area contributed by atoms with E-state index in [-0.39, 0.29) is 11.8 Å². The van der Waals surface area contributed by atoms with Crippen LogP contribution in [0.3, 0.4) is 0 Å². The standard InChI is InChI=1S/C13H21N3O/c1-11(10-14)9-13(17)16(2)8-6-12-5-3-4-7-15-12/h3-5,7,11H,6,8-10,14H2,1-2H3. The van der Waals surface area contributed by atoms with Crippen molar-refractivity contribution in [2.24, 2.45) is 11.7 Å². The molecule has 4 nitrogen and oxygen atoms in total. The summed E-state index contributed by atoms with van der Waals surface area (Å²) in [6.07, 6.45) is 3.09. The van der Waals surface area contributed by atoms with Gasteiger partial charge in [0.1, 0.15) is 0 Å². The lowest BCUT2D eigenvalue weighted by Gasteiger charge is -2.18. The van der Waals surface area contributed by atoms with Gasteiger partial charge in [0.25, 0.3) is 0 Å². The molecule has 1 unspecified atom stereocenters. The van der Waals surface area contributed by atoms with Gasteiger partial charge in [0.05, 0.1) is 0 Å². The quantitative estimate of drug-likeness (QED) is 0.802. The number of hydrogen-bond donors (Lipinski definition) is 1. The Bertz CT molecular complexity index is 340. The molecule has 0 saturated heterocycles. The summed E-state index contributed by atoms with van der Waals surface area (Å²) in [5.41, 5.74) is 6.52. The Morgan fingerprint density at radius 1 is 1.53 bits per heavy atom. The van der Waals surface area contributed by atoms with E-state index in [0.29, 0.717) is 19.5 Å². The van der Waals surface area contributed by atoms with E-state index in [9.17, 15) is 4.79 Å². The molecule has 0 bridgehead atoms. The van der Waals surface area contributed by atoms with Gasteiger partial charge in [-0.2, -0.15) is 0 Å². The molecule has 94 valence electrons. The average Bonchev–Trinajstić information content (AvgIpc) is 2.36. The lowest BCUT2D eigenvalue weighted by atomic mass is 10.1. The highest BCUT2D eigenvalue weighted by molar-refractivity contribution is 5.76. The van der Waals surface area contributed by atoms with Crippen LogP contribution in [0.25, 0.3) is 0 Å². The normalized spacial score (nSPS) is 12.2. The maximum Gasteiger partial charge on any atom is 0.222 e. The van der Waals surface area contributed by atoms with Gasteiger partial charge >= 0.3 is 0 Å². The van der Waals surface area contributed by atoms with Gasteiger partial charge < -0.3 is 10.6 Å². The fourth-order valence-corrected chi connectivity index (χ4v) is 1.49. The maximum atomic E-state index is 11.8. The summed E-state index contributed by atoms with van der Waals surface area (Å²) in [5.74, 6) is 0.402. The van der Waals surface area contributed by atoms with Crippen LogP contribution in [0.1, 0.15) is 19.0 Å². The summed E-state index contributed by atoms with van der Waals surface area (Å²) >= 11 is 0. The Morgan fingerprint density at radius 2 is 2.29 bits per heavy atom. The van der Waals surface area contributed by atoms with E-state index in [1.54, 1.807) is 11.1 Å². The molecule has 1 heterocycles. The average molecular weight is 235 g/mol. The topological polar surface area (TPSA) is 59.2 Å². The number of pyridine rings is 1. The molecule has 0 spiro atoms. The molecule has 0 aromatic carbocycles. The Balaban J connectivity index is 2.34. The van der Waals surface area contributed by atoms with E-state index in [4.69, 9.17) is 5.73 Å². The van der Waals surface area contributed by atoms with Crippen molar-refractivity contribution >= 4 is 5.91 Å². The zero-order valence-electron chi connectivity index (χ0n) is 10.6. The summed E-state index contributed by atoms with van der Waals surface area (Å²) in [6, 6.07) is 5.82. The van der Waals surface area contributed by atoms with E-state index in [1.165, 1.54) is 0 Å². The van der Waals surface area contributed by atoms with Crippen molar-refractivity contribution in [3.05, 3.63) is 30.1 Å². The largest absolute Gasteiger partial charge is 0.345 e. The second-order valence-corrected chi connectivity index (χ2v) is 4.43. The Hall–Kier alpha value is -1.42. The molecule has 0 fully saturated rings. The zero-order chi connectivity index (χ0) is 12.7. The number of hydrogen-bond acceptors (Lipinski definition) is 3. The molecule has 2 N–H and O–H groups in total. The van der Waals surface area contributed by atoms with Crippen molar-refractivity contribution in [2.75, 3.05) is 20.1 Å². The molecule has 0 aliphatic carbocycles. The molecular weight excluding hydrogens is 214 g/mol. The number of aromatic nitrogens is 1. The minimum Gasteiger partial charge on any atom is -0.345 e. The first-order chi connectivity index (χ1) is 8.13. The first-order valence-corrected chi connectivity index (χ1v) is 5.97. The second-order valence-electron chi connectivity index (χ2n) is 4.43.